The van der Waals surface area contributed by atoms with Crippen LogP contribution >= 0.6 is 0 Å². The van der Waals surface area contributed by atoms with Crippen molar-refractivity contribution in [3.63, 3.8) is 0 Å². The normalized spacial score (nSPS) is 13.5. The van der Waals surface area contributed by atoms with Crippen LogP contribution in [0.15, 0.2) is 53.9 Å². The van der Waals surface area contributed by atoms with Crippen LogP contribution in [0.25, 0.3) is 10.9 Å². The number of aryl methyl sites for hydroxylation is 2. The first-order valence-corrected chi connectivity index (χ1v) is 12.2. The predicted octanol–water partition coefficient (Wildman–Crippen LogP) is 5.66. The Bertz CT molecular complexity index is 1030. The van der Waals surface area contributed by atoms with Gasteiger partial charge in [-0.3, -0.25) is 4.98 Å². The predicted molar refractivity (Wildman–Crippen MR) is 131 cm³/mol. The average Bonchev–Trinajstić information content (AvgIpc) is 2.83. The number of hydrogen-bond donors (Lipinski definition) is 2. The zero-order chi connectivity index (χ0) is 22.0. The fourth-order valence-electron chi connectivity index (χ4n) is 4.69. The lowest BCUT2D eigenvalue weighted by molar-refractivity contribution is -0.697. The van der Waals surface area contributed by atoms with Gasteiger partial charge in [0.05, 0.1) is 11.7 Å². The Morgan fingerprint density at radius 1 is 0.938 bits per heavy atom. The van der Waals surface area contributed by atoms with E-state index in [0.29, 0.717) is 0 Å². The van der Waals surface area contributed by atoms with E-state index < -0.39 is 0 Å². The molecule has 3 aromatic rings. The second kappa shape index (κ2) is 11.6. The number of nitrogens with zero attached hydrogens (tertiary/aromatic N) is 3. The summed E-state index contributed by atoms with van der Waals surface area (Å²) in [6, 6.07) is 12.5. The number of unbranched alkanes of at least 4 members (excludes halogenated alkanes) is 5. The van der Waals surface area contributed by atoms with Gasteiger partial charge in [-0.05, 0) is 50.2 Å². The number of fused-ring (bicyclic) bond motifs is 2. The third kappa shape index (κ3) is 5.84. The van der Waals surface area contributed by atoms with Gasteiger partial charge in [0.2, 0.25) is 0 Å². The largest absolute Gasteiger partial charge is 0.411 e. The first-order valence-electron chi connectivity index (χ1n) is 12.2. The quantitative estimate of drug-likeness (QED) is 0.135. The molecule has 0 bridgehead atoms. The van der Waals surface area contributed by atoms with Crippen molar-refractivity contribution in [2.24, 2.45) is 5.16 Å². The number of anilines is 1. The summed E-state index contributed by atoms with van der Waals surface area (Å²) in [4.78, 5) is 4.94. The van der Waals surface area contributed by atoms with Crippen molar-refractivity contribution in [1.82, 2.24) is 4.98 Å². The lowest BCUT2D eigenvalue weighted by atomic mass is 9.92. The summed E-state index contributed by atoms with van der Waals surface area (Å²) in [5, 5.41) is 16.7. The molecule has 2 heterocycles. The molecular formula is C27H35N4O+. The molecule has 2 N–H and O–H groups in total. The molecule has 0 radical (unpaired) electrons. The highest BCUT2D eigenvalue weighted by Crippen LogP contribution is 2.33. The Hall–Kier alpha value is -2.95. The zero-order valence-corrected chi connectivity index (χ0v) is 19.0. The van der Waals surface area contributed by atoms with E-state index in [1.54, 1.807) is 0 Å². The molecule has 0 saturated heterocycles. The third-order valence-electron chi connectivity index (χ3n) is 6.44. The molecule has 5 nitrogen and oxygen atoms in total. The second-order valence-electron chi connectivity index (χ2n) is 8.80. The summed E-state index contributed by atoms with van der Waals surface area (Å²) in [6.07, 6.45) is 17.9. The van der Waals surface area contributed by atoms with Crippen molar-refractivity contribution in [2.75, 3.05) is 11.9 Å². The maximum Gasteiger partial charge on any atom is 0.169 e. The van der Waals surface area contributed by atoms with Crippen molar-refractivity contribution in [1.29, 1.82) is 0 Å². The molecule has 5 heteroatoms. The molecule has 0 saturated carbocycles. The molecule has 32 heavy (non-hydrogen) atoms. The van der Waals surface area contributed by atoms with Crippen molar-refractivity contribution >= 4 is 22.8 Å². The van der Waals surface area contributed by atoms with Crippen LogP contribution in [0, 0.1) is 0 Å². The van der Waals surface area contributed by atoms with Crippen molar-refractivity contribution in [2.45, 2.75) is 70.8 Å². The molecule has 0 atom stereocenters. The van der Waals surface area contributed by atoms with Crippen LogP contribution in [0.1, 0.15) is 68.2 Å². The van der Waals surface area contributed by atoms with Gasteiger partial charge in [0.1, 0.15) is 6.54 Å². The number of benzene rings is 1. The Morgan fingerprint density at radius 3 is 2.53 bits per heavy atom. The number of hydrogen-bond acceptors (Lipinski definition) is 4. The second-order valence-corrected chi connectivity index (χ2v) is 8.80. The number of oxime groups is 1. The van der Waals surface area contributed by atoms with E-state index in [-0.39, 0.29) is 0 Å². The number of aromatic nitrogens is 2. The molecule has 1 aromatic carbocycles. The smallest absolute Gasteiger partial charge is 0.169 e. The molecule has 0 spiro atoms. The number of nitrogens with one attached hydrogen (secondary N) is 1. The van der Waals surface area contributed by atoms with E-state index in [0.717, 1.165) is 37.0 Å². The topological polar surface area (TPSA) is 61.4 Å². The molecule has 0 fully saturated rings. The summed E-state index contributed by atoms with van der Waals surface area (Å²) in [5.41, 5.74) is 6.16. The van der Waals surface area contributed by atoms with Crippen LogP contribution in [0.2, 0.25) is 0 Å². The minimum atomic E-state index is 0.914. The van der Waals surface area contributed by atoms with Crippen LogP contribution in [-0.4, -0.2) is 23.0 Å². The summed E-state index contributed by atoms with van der Waals surface area (Å²) >= 11 is 0. The van der Waals surface area contributed by atoms with Gasteiger partial charge in [-0.15, -0.1) is 0 Å². The Morgan fingerprint density at radius 2 is 1.69 bits per heavy atom. The van der Waals surface area contributed by atoms with E-state index in [1.165, 1.54) is 79.9 Å². The van der Waals surface area contributed by atoms with Crippen LogP contribution in [-0.2, 0) is 19.4 Å². The Kier molecular flexibility index (Phi) is 8.07. The third-order valence-corrected chi connectivity index (χ3v) is 6.44. The van der Waals surface area contributed by atoms with Crippen molar-refractivity contribution < 1.29 is 9.77 Å². The van der Waals surface area contributed by atoms with Gasteiger partial charge in [-0.25, -0.2) is 4.57 Å². The number of pyridine rings is 2. The molecule has 1 aliphatic carbocycles. The SMILES string of the molecule is O/N=C/c1cc[n+](CCCCCCCCNc2c3c(nc4ccccc24)CCCC3)cc1. The summed E-state index contributed by atoms with van der Waals surface area (Å²) in [6.45, 7) is 2.08. The highest BCUT2D eigenvalue weighted by atomic mass is 16.4. The first kappa shape index (κ1) is 22.3. The summed E-state index contributed by atoms with van der Waals surface area (Å²) < 4.78 is 2.19. The van der Waals surface area contributed by atoms with Gasteiger partial charge in [-0.2, -0.15) is 0 Å². The lowest BCUT2D eigenvalue weighted by Crippen LogP contribution is -2.32. The van der Waals surface area contributed by atoms with Crippen molar-refractivity contribution in [3.05, 3.63) is 65.6 Å². The molecule has 168 valence electrons. The fraction of sp³-hybridized carbons (Fsp3) is 0.444. The molecule has 4 rings (SSSR count). The standard InChI is InChI=1S/C27H34N4O/c32-29-21-22-15-19-31(20-16-22)18-10-4-2-1-3-9-17-28-27-23-11-5-7-13-25(23)30-26-14-8-6-12-24(26)27/h5,7,11,13,15-16,19-21H,1-4,6,8-10,12,14,17-18H2,(H,28,30)/p+1. The summed E-state index contributed by atoms with van der Waals surface area (Å²) in [5.74, 6) is 0. The van der Waals surface area contributed by atoms with Gasteiger partial charge in [0.25, 0.3) is 0 Å². The van der Waals surface area contributed by atoms with Crippen LogP contribution in [0.5, 0.6) is 0 Å². The zero-order valence-electron chi connectivity index (χ0n) is 19.0. The number of para-hydroxylation sites is 1. The highest BCUT2D eigenvalue weighted by Gasteiger charge is 2.17. The molecule has 0 amide bonds. The van der Waals surface area contributed by atoms with Gasteiger partial charge in [0.15, 0.2) is 12.4 Å². The summed E-state index contributed by atoms with van der Waals surface area (Å²) in [7, 11) is 0. The Labute approximate surface area is 191 Å². The van der Waals surface area contributed by atoms with Crippen molar-refractivity contribution in [3.8, 4) is 0 Å². The van der Waals surface area contributed by atoms with Crippen LogP contribution in [0.4, 0.5) is 5.69 Å². The van der Waals surface area contributed by atoms with E-state index in [2.05, 4.69) is 39.3 Å². The molecule has 2 aromatic heterocycles. The lowest BCUT2D eigenvalue weighted by Gasteiger charge is -2.21. The van der Waals surface area contributed by atoms with Gasteiger partial charge < -0.3 is 10.5 Å². The van der Waals surface area contributed by atoms with Gasteiger partial charge in [-0.1, -0.05) is 42.6 Å². The molecule has 0 unspecified atom stereocenters. The fourth-order valence-corrected chi connectivity index (χ4v) is 4.69. The van der Waals surface area contributed by atoms with Gasteiger partial charge in [0, 0.05) is 47.4 Å². The van der Waals surface area contributed by atoms with E-state index in [4.69, 9.17) is 10.2 Å². The van der Waals surface area contributed by atoms with Crippen LogP contribution < -0.4 is 9.88 Å². The minimum absolute atomic E-state index is 0.914. The Balaban J connectivity index is 1.16. The van der Waals surface area contributed by atoms with Gasteiger partial charge >= 0.3 is 0 Å². The van der Waals surface area contributed by atoms with E-state index in [1.807, 2.05) is 24.5 Å². The maximum absolute atomic E-state index is 8.57. The van der Waals surface area contributed by atoms with Crippen LogP contribution in [0.3, 0.4) is 0 Å². The number of rotatable bonds is 11. The minimum Gasteiger partial charge on any atom is -0.411 e. The molecule has 0 aliphatic heterocycles. The average molecular weight is 432 g/mol. The first-order chi connectivity index (χ1) is 15.8. The maximum atomic E-state index is 8.57. The highest BCUT2D eigenvalue weighted by molar-refractivity contribution is 5.93. The molecular weight excluding hydrogens is 396 g/mol. The monoisotopic (exact) mass is 431 g/mol. The molecule has 1 aliphatic rings. The van der Waals surface area contributed by atoms with E-state index >= 15 is 0 Å². The van der Waals surface area contributed by atoms with E-state index in [9.17, 15) is 0 Å².